The minimum Gasteiger partial charge on any atom is -0.369 e. The summed E-state index contributed by atoms with van der Waals surface area (Å²) in [6.45, 7) is 2.11. The number of nitrogens with two attached hydrogens (primary N) is 1. The fraction of sp³-hybridized carbons (Fsp3) is 0.341. The fourth-order valence-electron chi connectivity index (χ4n) is 7.69. The summed E-state index contributed by atoms with van der Waals surface area (Å²) in [6, 6.07) is 26.5. The van der Waals surface area contributed by atoms with Gasteiger partial charge in [0.2, 0.25) is 11.8 Å². The van der Waals surface area contributed by atoms with Crippen LogP contribution in [0.2, 0.25) is 0 Å². The molecule has 0 saturated heterocycles. The van der Waals surface area contributed by atoms with Crippen molar-refractivity contribution in [1.29, 1.82) is 0 Å². The number of hydrogen-bond donors (Lipinski definition) is 2. The Morgan fingerprint density at radius 1 is 0.860 bits per heavy atom. The predicted molar refractivity (Wildman–Crippen MR) is 188 cm³/mol. The normalized spacial score (nSPS) is 17.4. The lowest BCUT2D eigenvalue weighted by Gasteiger charge is -2.30. The van der Waals surface area contributed by atoms with E-state index < -0.39 is 35.5 Å². The molecule has 1 aliphatic carbocycles. The molecule has 9 heteroatoms. The second kappa shape index (κ2) is 14.9. The second-order valence-corrected chi connectivity index (χ2v) is 13.5. The van der Waals surface area contributed by atoms with Gasteiger partial charge in [-0.05, 0) is 70.8 Å². The zero-order valence-corrected chi connectivity index (χ0v) is 28.1. The molecule has 1 fully saturated rings. The van der Waals surface area contributed by atoms with Crippen molar-refractivity contribution in [2.24, 2.45) is 23.5 Å². The topological polar surface area (TPSA) is 92.5 Å². The number of primary amides is 1. The minimum atomic E-state index is -4.43. The van der Waals surface area contributed by atoms with Gasteiger partial charge >= 0.3 is 6.18 Å². The van der Waals surface area contributed by atoms with Gasteiger partial charge in [0.25, 0.3) is 5.91 Å². The zero-order chi connectivity index (χ0) is 35.4. The Morgan fingerprint density at radius 3 is 2.22 bits per heavy atom. The molecule has 0 bridgehead atoms. The van der Waals surface area contributed by atoms with Crippen molar-refractivity contribution < 1.29 is 27.6 Å². The molecule has 3 atom stereocenters. The van der Waals surface area contributed by atoms with Gasteiger partial charge in [-0.2, -0.15) is 13.2 Å². The van der Waals surface area contributed by atoms with Crippen LogP contribution in [0.1, 0.15) is 74.6 Å². The van der Waals surface area contributed by atoms with Gasteiger partial charge in [0, 0.05) is 17.4 Å². The quantitative estimate of drug-likeness (QED) is 0.166. The maximum Gasteiger partial charge on any atom is 0.416 e. The molecule has 260 valence electrons. The molecule has 0 aromatic heterocycles. The molecule has 50 heavy (non-hydrogen) atoms. The molecule has 4 aromatic carbocycles. The van der Waals surface area contributed by atoms with Gasteiger partial charge in [0.15, 0.2) is 0 Å². The molecule has 1 unspecified atom stereocenters. The van der Waals surface area contributed by atoms with E-state index in [0.717, 1.165) is 54.5 Å². The highest BCUT2D eigenvalue weighted by Crippen LogP contribution is 2.42. The van der Waals surface area contributed by atoms with E-state index in [1.54, 1.807) is 4.90 Å². The SMILES string of the molecule is CCC[C@H](C(N)=O)[C@@H](CC1CCCC1)C(=O)NC1C(=O)N(Cc2cccc(-c3ccc(C(F)(F)F)cc3)c2)c2ccccc2-c2ccccc21. The maximum absolute atomic E-state index is 14.8. The number of nitrogens with zero attached hydrogens (tertiary/aromatic N) is 1. The van der Waals surface area contributed by atoms with E-state index in [9.17, 15) is 27.6 Å². The third-order valence-electron chi connectivity index (χ3n) is 10.2. The van der Waals surface area contributed by atoms with Crippen LogP contribution < -0.4 is 16.0 Å². The Bertz CT molecular complexity index is 1850. The standard InChI is InChI=1S/C41H42F3N3O3/c1-2-10-34(38(45)48)35(24-26-11-3-4-12-26)39(49)46-37-33-17-6-5-15-31(33)32-16-7-8-18-36(32)47(40(37)50)25-27-13-9-14-29(23-27)28-19-21-30(22-20-28)41(42,43)44/h5-9,13-23,26,34-35,37H,2-4,10-12,24-25H2,1H3,(H2,45,48)(H,46,49)/t34-,35+,37?/m0/s1. The lowest BCUT2D eigenvalue weighted by molar-refractivity contribution is -0.137. The third kappa shape index (κ3) is 7.47. The Morgan fingerprint density at radius 2 is 1.54 bits per heavy atom. The molecule has 1 heterocycles. The summed E-state index contributed by atoms with van der Waals surface area (Å²) in [6.07, 6.45) is 1.48. The molecule has 1 aliphatic heterocycles. The van der Waals surface area contributed by atoms with E-state index >= 15 is 0 Å². The van der Waals surface area contributed by atoms with Crippen LogP contribution >= 0.6 is 0 Å². The van der Waals surface area contributed by atoms with Crippen LogP contribution in [-0.2, 0) is 27.1 Å². The molecule has 1 saturated carbocycles. The lowest BCUT2D eigenvalue weighted by Crippen LogP contribution is -2.47. The highest BCUT2D eigenvalue weighted by Gasteiger charge is 2.40. The average molecular weight is 682 g/mol. The number of hydrogen-bond acceptors (Lipinski definition) is 3. The summed E-state index contributed by atoms with van der Waals surface area (Å²) >= 11 is 0. The van der Waals surface area contributed by atoms with Crippen molar-refractivity contribution in [2.75, 3.05) is 4.90 Å². The summed E-state index contributed by atoms with van der Waals surface area (Å²) in [7, 11) is 0. The summed E-state index contributed by atoms with van der Waals surface area (Å²) in [5.74, 6) is -2.16. The number of alkyl halides is 3. The molecule has 3 N–H and O–H groups in total. The average Bonchev–Trinajstić information content (AvgIpc) is 3.61. The molecule has 2 aliphatic rings. The Balaban J connectivity index is 1.36. The number of benzene rings is 4. The summed E-state index contributed by atoms with van der Waals surface area (Å²) < 4.78 is 39.6. The van der Waals surface area contributed by atoms with Gasteiger partial charge in [0.1, 0.15) is 6.04 Å². The predicted octanol–water partition coefficient (Wildman–Crippen LogP) is 8.84. The Labute approximate surface area is 290 Å². The number of carbonyl (C=O) groups is 3. The summed E-state index contributed by atoms with van der Waals surface area (Å²) in [5.41, 5.74) is 10.2. The number of anilines is 1. The number of para-hydroxylation sites is 1. The molecular formula is C41H42F3N3O3. The van der Waals surface area contributed by atoms with Crippen LogP contribution in [0.5, 0.6) is 0 Å². The first-order chi connectivity index (χ1) is 24.0. The minimum absolute atomic E-state index is 0.149. The molecule has 0 spiro atoms. The Kier molecular flexibility index (Phi) is 10.4. The van der Waals surface area contributed by atoms with E-state index in [4.69, 9.17) is 5.73 Å². The summed E-state index contributed by atoms with van der Waals surface area (Å²) in [5, 5.41) is 3.11. The molecule has 4 aromatic rings. The third-order valence-corrected chi connectivity index (χ3v) is 10.2. The number of fused-ring (bicyclic) bond motifs is 3. The number of amides is 3. The van der Waals surface area contributed by atoms with Crippen molar-refractivity contribution in [2.45, 2.75) is 70.6 Å². The molecule has 3 amide bonds. The van der Waals surface area contributed by atoms with E-state index in [2.05, 4.69) is 5.32 Å². The van der Waals surface area contributed by atoms with E-state index in [0.29, 0.717) is 47.6 Å². The van der Waals surface area contributed by atoms with Crippen molar-refractivity contribution in [3.8, 4) is 22.3 Å². The smallest absolute Gasteiger partial charge is 0.369 e. The van der Waals surface area contributed by atoms with Crippen molar-refractivity contribution in [3.05, 3.63) is 114 Å². The second-order valence-electron chi connectivity index (χ2n) is 13.5. The van der Waals surface area contributed by atoms with Crippen molar-refractivity contribution in [3.63, 3.8) is 0 Å². The first kappa shape index (κ1) is 34.9. The Hall–Kier alpha value is -4.92. The fourth-order valence-corrected chi connectivity index (χ4v) is 7.69. The maximum atomic E-state index is 14.8. The van der Waals surface area contributed by atoms with Crippen molar-refractivity contribution >= 4 is 23.4 Å². The molecule has 0 radical (unpaired) electrons. The number of rotatable bonds is 11. The molecular weight excluding hydrogens is 639 g/mol. The van der Waals surface area contributed by atoms with Gasteiger partial charge in [-0.25, -0.2) is 0 Å². The van der Waals surface area contributed by atoms with Gasteiger partial charge < -0.3 is 16.0 Å². The monoisotopic (exact) mass is 681 g/mol. The van der Waals surface area contributed by atoms with Crippen molar-refractivity contribution in [1.82, 2.24) is 5.32 Å². The van der Waals surface area contributed by atoms with Crippen LogP contribution in [0.4, 0.5) is 18.9 Å². The van der Waals surface area contributed by atoms with E-state index in [1.807, 2.05) is 79.7 Å². The van der Waals surface area contributed by atoms with Gasteiger partial charge in [-0.1, -0.05) is 112 Å². The summed E-state index contributed by atoms with van der Waals surface area (Å²) in [4.78, 5) is 43.6. The van der Waals surface area contributed by atoms with Crippen LogP contribution in [0, 0.1) is 17.8 Å². The van der Waals surface area contributed by atoms with Crippen LogP contribution in [0.25, 0.3) is 22.3 Å². The highest BCUT2D eigenvalue weighted by molar-refractivity contribution is 6.06. The van der Waals surface area contributed by atoms with Gasteiger partial charge in [-0.15, -0.1) is 0 Å². The van der Waals surface area contributed by atoms with E-state index in [1.165, 1.54) is 12.1 Å². The van der Waals surface area contributed by atoms with Crippen LogP contribution in [0.3, 0.4) is 0 Å². The number of nitrogens with one attached hydrogen (secondary N) is 1. The molecule has 6 nitrogen and oxygen atoms in total. The van der Waals surface area contributed by atoms with Gasteiger partial charge in [-0.3, -0.25) is 14.4 Å². The lowest BCUT2D eigenvalue weighted by atomic mass is 9.80. The van der Waals surface area contributed by atoms with Crippen LogP contribution in [-0.4, -0.2) is 17.7 Å². The molecule has 6 rings (SSSR count). The largest absolute Gasteiger partial charge is 0.416 e. The van der Waals surface area contributed by atoms with Crippen LogP contribution in [0.15, 0.2) is 97.1 Å². The first-order valence-electron chi connectivity index (χ1n) is 17.4. The van der Waals surface area contributed by atoms with E-state index in [-0.39, 0.29) is 18.4 Å². The first-order valence-corrected chi connectivity index (χ1v) is 17.4. The number of carbonyl (C=O) groups excluding carboxylic acids is 3. The number of halogens is 3. The zero-order valence-electron chi connectivity index (χ0n) is 28.1. The highest BCUT2D eigenvalue weighted by atomic mass is 19.4. The van der Waals surface area contributed by atoms with Gasteiger partial charge in [0.05, 0.1) is 17.8 Å².